The maximum atomic E-state index is 10.8. The second-order valence-corrected chi connectivity index (χ2v) is 3.21. The highest BCUT2D eigenvalue weighted by Gasteiger charge is 2.45. The Morgan fingerprint density at radius 3 is 1.88 bits per heavy atom. The smallest absolute Gasteiger partial charge is 0.338 e. The molecule has 0 aliphatic carbocycles. The van der Waals surface area contributed by atoms with Gasteiger partial charge in [-0.1, -0.05) is 0 Å². The van der Waals surface area contributed by atoms with Crippen LogP contribution in [0.25, 0.3) is 0 Å². The van der Waals surface area contributed by atoms with Crippen LogP contribution < -0.4 is 0 Å². The summed E-state index contributed by atoms with van der Waals surface area (Å²) < 4.78 is 4.46. The molecule has 9 heteroatoms. The van der Waals surface area contributed by atoms with Crippen molar-refractivity contribution in [1.29, 1.82) is 5.26 Å². The Morgan fingerprint density at radius 1 is 1.19 bits per heavy atom. The number of nitrogens with zero attached hydrogens (tertiary/aromatic N) is 1. The van der Waals surface area contributed by atoms with E-state index in [0.29, 0.717) is 0 Å². The zero-order chi connectivity index (χ0) is 12.8. The molecule has 0 aliphatic heterocycles. The van der Waals surface area contributed by atoms with Crippen LogP contribution in [0, 0.1) is 10.7 Å². The van der Waals surface area contributed by atoms with Crippen LogP contribution >= 0.6 is 12.0 Å². The Labute approximate surface area is 93.6 Å². The monoisotopic (exact) mass is 249 g/mol. The summed E-state index contributed by atoms with van der Waals surface area (Å²) in [6, 6.07) is 0. The van der Waals surface area contributed by atoms with Crippen LogP contribution in [0.15, 0.2) is 0 Å². The largest absolute Gasteiger partial charge is 0.481 e. The lowest BCUT2D eigenvalue weighted by Crippen LogP contribution is -2.44. The highest BCUT2D eigenvalue weighted by molar-refractivity contribution is 7.99. The van der Waals surface area contributed by atoms with Crippen LogP contribution in [0.5, 0.6) is 0 Å². The Morgan fingerprint density at radius 2 is 1.62 bits per heavy atom. The van der Waals surface area contributed by atoms with E-state index in [9.17, 15) is 14.4 Å². The molecule has 0 aromatic heterocycles. The molecule has 8 nitrogen and oxygen atoms in total. The van der Waals surface area contributed by atoms with Crippen molar-refractivity contribution in [3.05, 3.63) is 0 Å². The molecule has 0 saturated carbocycles. The van der Waals surface area contributed by atoms with E-state index in [2.05, 4.69) is 4.18 Å². The summed E-state index contributed by atoms with van der Waals surface area (Å²) in [6.07, 6.45) is -2.10. The number of carboxylic acid groups (broad SMARTS) is 3. The van der Waals surface area contributed by atoms with Gasteiger partial charge >= 0.3 is 17.9 Å². The molecule has 0 bridgehead atoms. The number of carbonyl (C=O) groups is 3. The number of carboxylic acids is 3. The minimum Gasteiger partial charge on any atom is -0.481 e. The highest BCUT2D eigenvalue weighted by Crippen LogP contribution is 2.26. The first-order chi connectivity index (χ1) is 7.34. The fourth-order valence-corrected chi connectivity index (χ4v) is 1.28. The molecule has 0 spiro atoms. The van der Waals surface area contributed by atoms with Crippen molar-refractivity contribution in [3.8, 4) is 5.40 Å². The number of nitriles is 1. The summed E-state index contributed by atoms with van der Waals surface area (Å²) in [5.41, 5.74) is -2.45. The van der Waals surface area contributed by atoms with Gasteiger partial charge < -0.3 is 15.3 Å². The Hall–Kier alpha value is -1.79. The van der Waals surface area contributed by atoms with Gasteiger partial charge in [0.15, 0.2) is 5.40 Å². The van der Waals surface area contributed by atoms with Gasteiger partial charge in [0.1, 0.15) is 12.0 Å². The van der Waals surface area contributed by atoms with Crippen LogP contribution in [0.3, 0.4) is 0 Å². The topological polar surface area (TPSA) is 145 Å². The molecule has 0 radical (unpaired) electrons. The molecular weight excluding hydrogens is 242 g/mol. The van der Waals surface area contributed by atoms with Gasteiger partial charge in [-0.05, 0) is 0 Å². The van der Waals surface area contributed by atoms with Gasteiger partial charge in [0, 0.05) is 0 Å². The normalized spacial score (nSPS) is 10.4. The SMILES string of the molecule is N#CSOC(CC(=O)O)(CC(=O)O)C(=O)O. The number of rotatable bonds is 7. The zero-order valence-corrected chi connectivity index (χ0v) is 8.56. The van der Waals surface area contributed by atoms with E-state index in [1.54, 1.807) is 0 Å². The van der Waals surface area contributed by atoms with Crippen LogP contribution in [-0.4, -0.2) is 38.8 Å². The molecule has 0 aromatic rings. The minimum atomic E-state index is -2.45. The fourth-order valence-electron chi connectivity index (χ4n) is 0.895. The van der Waals surface area contributed by atoms with E-state index in [0.717, 1.165) is 0 Å². The number of hydrogen-bond donors (Lipinski definition) is 3. The van der Waals surface area contributed by atoms with E-state index in [1.807, 2.05) is 0 Å². The molecule has 0 saturated heterocycles. The summed E-state index contributed by atoms with van der Waals surface area (Å²) in [5, 5.41) is 35.3. The molecule has 3 N–H and O–H groups in total. The lowest BCUT2D eigenvalue weighted by Gasteiger charge is -2.23. The molecule has 16 heavy (non-hydrogen) atoms. The van der Waals surface area contributed by atoms with Gasteiger partial charge in [-0.15, -0.1) is 0 Å². The zero-order valence-electron chi connectivity index (χ0n) is 7.74. The second kappa shape index (κ2) is 5.94. The van der Waals surface area contributed by atoms with Crippen molar-refractivity contribution < 1.29 is 33.9 Å². The molecule has 0 aromatic carbocycles. The number of hydrogen-bond acceptors (Lipinski definition) is 6. The Bertz CT molecular complexity index is 331. The summed E-state index contributed by atoms with van der Waals surface area (Å²) in [6.45, 7) is 0. The van der Waals surface area contributed by atoms with Crippen molar-refractivity contribution in [2.45, 2.75) is 18.4 Å². The van der Waals surface area contributed by atoms with Gasteiger partial charge in [-0.25, -0.2) is 4.79 Å². The molecule has 0 unspecified atom stereocenters. The van der Waals surface area contributed by atoms with Gasteiger partial charge in [0.25, 0.3) is 0 Å². The van der Waals surface area contributed by atoms with Crippen molar-refractivity contribution in [2.24, 2.45) is 0 Å². The number of thiocyanates is 1. The molecule has 0 amide bonds. The predicted molar refractivity (Wildman–Crippen MR) is 49.2 cm³/mol. The van der Waals surface area contributed by atoms with Crippen molar-refractivity contribution in [3.63, 3.8) is 0 Å². The third-order valence-corrected chi connectivity index (χ3v) is 1.98. The van der Waals surface area contributed by atoms with Crippen LogP contribution in [0.2, 0.25) is 0 Å². The van der Waals surface area contributed by atoms with Gasteiger partial charge in [-0.2, -0.15) is 5.26 Å². The summed E-state index contributed by atoms with van der Waals surface area (Å²) in [7, 11) is 0. The third-order valence-electron chi connectivity index (χ3n) is 1.50. The van der Waals surface area contributed by atoms with Crippen LogP contribution in [-0.2, 0) is 18.6 Å². The molecule has 0 atom stereocenters. The Kier molecular flexibility index (Phi) is 5.27. The lowest BCUT2D eigenvalue weighted by atomic mass is 9.96. The molecule has 0 heterocycles. The summed E-state index contributed by atoms with van der Waals surface area (Å²) in [4.78, 5) is 31.7. The van der Waals surface area contributed by atoms with Crippen molar-refractivity contribution >= 4 is 30.0 Å². The summed E-state index contributed by atoms with van der Waals surface area (Å²) >= 11 is 0.0254. The maximum Gasteiger partial charge on any atom is 0.338 e. The fraction of sp³-hybridized carbons (Fsp3) is 0.429. The molecule has 0 fully saturated rings. The Balaban J connectivity index is 5.04. The lowest BCUT2D eigenvalue weighted by molar-refractivity contribution is -0.165. The standard InChI is InChI=1S/C7H7NO7S/c8-3-16-15-7(6(13)14,1-4(9)10)2-5(11)12/h1-2H2,(H,9,10)(H,11,12)(H,13,14). The minimum absolute atomic E-state index is 0.0254. The molecule has 0 rings (SSSR count). The first-order valence-electron chi connectivity index (χ1n) is 3.75. The van der Waals surface area contributed by atoms with Crippen LogP contribution in [0.1, 0.15) is 12.8 Å². The first-order valence-corrected chi connectivity index (χ1v) is 4.49. The van der Waals surface area contributed by atoms with E-state index >= 15 is 0 Å². The molecular formula is C7H7NO7S. The second-order valence-electron chi connectivity index (χ2n) is 2.70. The van der Waals surface area contributed by atoms with Gasteiger partial charge in [0.05, 0.1) is 12.8 Å². The van der Waals surface area contributed by atoms with Gasteiger partial charge in [0.2, 0.25) is 5.60 Å². The van der Waals surface area contributed by atoms with E-state index in [4.69, 9.17) is 20.6 Å². The van der Waals surface area contributed by atoms with Gasteiger partial charge in [-0.3, -0.25) is 13.8 Å². The first kappa shape index (κ1) is 14.2. The highest BCUT2D eigenvalue weighted by atomic mass is 32.2. The van der Waals surface area contributed by atoms with Crippen molar-refractivity contribution in [2.75, 3.05) is 0 Å². The molecule has 88 valence electrons. The summed E-state index contributed by atoms with van der Waals surface area (Å²) in [5.74, 6) is -4.83. The van der Waals surface area contributed by atoms with E-state index < -0.39 is 36.4 Å². The quantitative estimate of drug-likeness (QED) is 0.416. The third kappa shape index (κ3) is 4.16. The molecule has 0 aliphatic rings. The average molecular weight is 249 g/mol. The van der Waals surface area contributed by atoms with E-state index in [1.165, 1.54) is 5.40 Å². The predicted octanol–water partition coefficient (Wildman–Crippen LogP) is -0.0949. The number of aliphatic carboxylic acids is 3. The van der Waals surface area contributed by atoms with Crippen molar-refractivity contribution in [1.82, 2.24) is 0 Å². The maximum absolute atomic E-state index is 10.8. The van der Waals surface area contributed by atoms with E-state index in [-0.39, 0.29) is 12.0 Å². The average Bonchev–Trinajstić information content (AvgIpc) is 2.11. The van der Waals surface area contributed by atoms with Crippen LogP contribution in [0.4, 0.5) is 0 Å².